The number of carbonyl (C=O) groups is 2. The molecule has 206 valence electrons. The highest BCUT2D eigenvalue weighted by Gasteiger charge is 2.27. The van der Waals surface area contributed by atoms with Crippen LogP contribution in [-0.2, 0) is 24.3 Å². The van der Waals surface area contributed by atoms with E-state index < -0.39 is 34.0 Å². The van der Waals surface area contributed by atoms with Crippen molar-refractivity contribution >= 4 is 45.4 Å². The molecule has 1 amide bonds. The van der Waals surface area contributed by atoms with E-state index in [1.807, 2.05) is 0 Å². The molecule has 9 nitrogen and oxygen atoms in total. The molecule has 0 heterocycles. The van der Waals surface area contributed by atoms with Crippen LogP contribution in [0.4, 0.5) is 5.69 Å². The second kappa shape index (κ2) is 12.8. The number of nitrogens with one attached hydrogen (secondary N) is 1. The number of sulfonamides is 1. The van der Waals surface area contributed by atoms with Crippen LogP contribution in [0, 0.1) is 6.92 Å². The van der Waals surface area contributed by atoms with Crippen molar-refractivity contribution in [2.75, 3.05) is 17.5 Å². The summed E-state index contributed by atoms with van der Waals surface area (Å²) in [7, 11) is -4.07. The van der Waals surface area contributed by atoms with E-state index in [9.17, 15) is 18.0 Å². The lowest BCUT2D eigenvalue weighted by molar-refractivity contribution is -0.157. The fraction of sp³-hybridized carbons (Fsp3) is 0.250. The molecule has 3 aromatic rings. The number of amides is 1. The average Bonchev–Trinajstić information content (AvgIpc) is 2.88. The summed E-state index contributed by atoms with van der Waals surface area (Å²) in [6.07, 6.45) is 1.40. The van der Waals surface area contributed by atoms with Crippen molar-refractivity contribution < 1.29 is 27.5 Å². The van der Waals surface area contributed by atoms with E-state index in [0.29, 0.717) is 16.3 Å². The molecular formula is C28H30ClN3O6S. The Morgan fingerprint density at radius 1 is 1.03 bits per heavy atom. The largest absolute Gasteiger partial charge is 0.482 e. The Morgan fingerprint density at radius 3 is 2.31 bits per heavy atom. The van der Waals surface area contributed by atoms with Crippen molar-refractivity contribution in [2.45, 2.75) is 38.2 Å². The standard InChI is InChI=1S/C28H30ClN3O6S/c1-20-10-13-22(16-25(20)29)32(39(35,36)24-8-6-5-7-9-24)18-26(33)31-30-17-21-11-14-23(15-12-21)37-19-27(34)38-28(2,3)4/h5-17H,18-19H2,1-4H3,(H,31,33)/b30-17+. The SMILES string of the molecule is Cc1ccc(N(CC(=O)N/N=C/c2ccc(OCC(=O)OC(C)(C)C)cc2)S(=O)(=O)c2ccccc2)cc1Cl. The van der Waals surface area contributed by atoms with Gasteiger partial charge in [0.15, 0.2) is 6.61 Å². The van der Waals surface area contributed by atoms with Crippen LogP contribution in [0.1, 0.15) is 31.9 Å². The maximum Gasteiger partial charge on any atom is 0.344 e. The minimum absolute atomic E-state index is 0.0342. The van der Waals surface area contributed by atoms with Crippen LogP contribution in [0.2, 0.25) is 5.02 Å². The Labute approximate surface area is 233 Å². The summed E-state index contributed by atoms with van der Waals surface area (Å²) in [5.41, 5.74) is 3.42. The zero-order valence-corrected chi connectivity index (χ0v) is 23.6. The maximum absolute atomic E-state index is 13.4. The molecule has 3 aromatic carbocycles. The van der Waals surface area contributed by atoms with Crippen molar-refractivity contribution in [3.8, 4) is 5.75 Å². The van der Waals surface area contributed by atoms with Crippen LogP contribution in [0.5, 0.6) is 5.75 Å². The molecule has 11 heteroatoms. The van der Waals surface area contributed by atoms with Gasteiger partial charge in [-0.05, 0) is 87.4 Å². The van der Waals surface area contributed by atoms with Crippen LogP contribution in [0.3, 0.4) is 0 Å². The van der Waals surface area contributed by atoms with Gasteiger partial charge in [-0.2, -0.15) is 5.10 Å². The molecule has 39 heavy (non-hydrogen) atoms. The monoisotopic (exact) mass is 571 g/mol. The van der Waals surface area contributed by atoms with Gasteiger partial charge in [-0.3, -0.25) is 9.10 Å². The van der Waals surface area contributed by atoms with Crippen molar-refractivity contribution in [3.63, 3.8) is 0 Å². The van der Waals surface area contributed by atoms with Crippen LogP contribution >= 0.6 is 11.6 Å². The Morgan fingerprint density at radius 2 is 1.69 bits per heavy atom. The van der Waals surface area contributed by atoms with Gasteiger partial charge in [0.25, 0.3) is 15.9 Å². The minimum atomic E-state index is -4.07. The van der Waals surface area contributed by atoms with Gasteiger partial charge < -0.3 is 9.47 Å². The number of halogens is 1. The summed E-state index contributed by atoms with van der Waals surface area (Å²) < 4.78 is 38.4. The summed E-state index contributed by atoms with van der Waals surface area (Å²) in [4.78, 5) is 24.5. The van der Waals surface area contributed by atoms with Crippen LogP contribution in [0.15, 0.2) is 82.8 Å². The van der Waals surface area contributed by atoms with E-state index in [0.717, 1.165) is 9.87 Å². The molecule has 3 rings (SSSR count). The van der Waals surface area contributed by atoms with E-state index in [2.05, 4.69) is 10.5 Å². The first-order valence-corrected chi connectivity index (χ1v) is 13.8. The molecule has 0 atom stereocenters. The van der Waals surface area contributed by atoms with E-state index >= 15 is 0 Å². The summed E-state index contributed by atoms with van der Waals surface area (Å²) in [5.74, 6) is -0.674. The number of hydrogen-bond donors (Lipinski definition) is 1. The van der Waals surface area contributed by atoms with Crippen molar-refractivity contribution in [2.24, 2.45) is 5.10 Å². The fourth-order valence-electron chi connectivity index (χ4n) is 3.28. The topological polar surface area (TPSA) is 114 Å². The van der Waals surface area contributed by atoms with Gasteiger partial charge in [0.1, 0.15) is 17.9 Å². The molecule has 0 aromatic heterocycles. The third-order valence-electron chi connectivity index (χ3n) is 5.12. The van der Waals surface area contributed by atoms with Crippen molar-refractivity contribution in [1.29, 1.82) is 0 Å². The Balaban J connectivity index is 1.66. The number of benzene rings is 3. The number of anilines is 1. The molecule has 0 spiro atoms. The van der Waals surface area contributed by atoms with Gasteiger partial charge in [0.2, 0.25) is 0 Å². The van der Waals surface area contributed by atoms with E-state index in [1.165, 1.54) is 24.4 Å². The molecule has 0 aliphatic carbocycles. The van der Waals surface area contributed by atoms with Gasteiger partial charge in [0, 0.05) is 5.02 Å². The van der Waals surface area contributed by atoms with E-state index in [4.69, 9.17) is 21.1 Å². The minimum Gasteiger partial charge on any atom is -0.482 e. The number of hydrazone groups is 1. The zero-order valence-electron chi connectivity index (χ0n) is 22.0. The van der Waals surface area contributed by atoms with Gasteiger partial charge in [-0.25, -0.2) is 18.6 Å². The van der Waals surface area contributed by atoms with Crippen molar-refractivity contribution in [3.05, 3.63) is 88.9 Å². The predicted octanol–water partition coefficient (Wildman–Crippen LogP) is 4.71. The number of nitrogens with zero attached hydrogens (tertiary/aromatic N) is 2. The summed E-state index contributed by atoms with van der Waals surface area (Å²) >= 11 is 6.24. The van der Waals surface area contributed by atoms with Crippen molar-refractivity contribution in [1.82, 2.24) is 5.43 Å². The highest BCUT2D eigenvalue weighted by molar-refractivity contribution is 7.92. The third kappa shape index (κ3) is 8.83. The first-order chi connectivity index (χ1) is 18.3. The van der Waals surface area contributed by atoms with E-state index in [1.54, 1.807) is 82.3 Å². The number of hydrogen-bond acceptors (Lipinski definition) is 7. The molecular weight excluding hydrogens is 542 g/mol. The number of ether oxygens (including phenoxy) is 2. The predicted molar refractivity (Wildman–Crippen MR) is 151 cm³/mol. The third-order valence-corrected chi connectivity index (χ3v) is 7.32. The molecule has 0 bridgehead atoms. The summed E-state index contributed by atoms with van der Waals surface area (Å²) in [6.45, 7) is 6.37. The first kappa shape index (κ1) is 29.7. The second-order valence-corrected chi connectivity index (χ2v) is 11.8. The van der Waals surface area contributed by atoms with Gasteiger partial charge in [-0.15, -0.1) is 0 Å². The fourth-order valence-corrected chi connectivity index (χ4v) is 4.89. The molecule has 0 radical (unpaired) electrons. The second-order valence-electron chi connectivity index (χ2n) is 9.50. The van der Waals surface area contributed by atoms with E-state index in [-0.39, 0.29) is 17.2 Å². The van der Waals surface area contributed by atoms with Gasteiger partial charge >= 0.3 is 5.97 Å². The lowest BCUT2D eigenvalue weighted by Gasteiger charge is -2.24. The highest BCUT2D eigenvalue weighted by atomic mass is 35.5. The normalized spacial score (nSPS) is 11.7. The molecule has 0 aliphatic rings. The molecule has 0 aliphatic heterocycles. The van der Waals surface area contributed by atoms with Crippen LogP contribution in [-0.4, -0.2) is 45.3 Å². The molecule has 0 saturated carbocycles. The first-order valence-electron chi connectivity index (χ1n) is 12.0. The van der Waals surface area contributed by atoms with Gasteiger partial charge in [0.05, 0.1) is 16.8 Å². The Kier molecular flexibility index (Phi) is 9.71. The number of esters is 1. The van der Waals surface area contributed by atoms with Crippen LogP contribution < -0.4 is 14.5 Å². The Bertz CT molecular complexity index is 1440. The molecule has 0 saturated heterocycles. The molecule has 0 fully saturated rings. The lowest BCUT2D eigenvalue weighted by atomic mass is 10.2. The summed E-state index contributed by atoms with van der Waals surface area (Å²) in [5, 5.41) is 4.30. The molecule has 0 unspecified atom stereocenters. The smallest absolute Gasteiger partial charge is 0.344 e. The number of aryl methyl sites for hydroxylation is 1. The number of carbonyl (C=O) groups excluding carboxylic acids is 2. The summed E-state index contributed by atoms with van der Waals surface area (Å²) in [6, 6.07) is 19.2. The van der Waals surface area contributed by atoms with Gasteiger partial charge in [-0.1, -0.05) is 35.9 Å². The average molecular weight is 572 g/mol. The quantitative estimate of drug-likeness (QED) is 0.214. The Hall–Kier alpha value is -3.89. The van der Waals surface area contributed by atoms with Crippen LogP contribution in [0.25, 0.3) is 0 Å². The highest BCUT2D eigenvalue weighted by Crippen LogP contribution is 2.28. The molecule has 1 N–H and O–H groups in total. The number of rotatable bonds is 10. The zero-order chi connectivity index (χ0) is 28.6. The lowest BCUT2D eigenvalue weighted by Crippen LogP contribution is -2.39. The maximum atomic E-state index is 13.4.